The van der Waals surface area contributed by atoms with E-state index >= 15 is 0 Å². The van der Waals surface area contributed by atoms with E-state index in [1.54, 1.807) is 24.3 Å². The molecule has 1 aliphatic heterocycles. The van der Waals surface area contributed by atoms with Crippen LogP contribution in [0.25, 0.3) is 0 Å². The van der Waals surface area contributed by atoms with Crippen LogP contribution >= 0.6 is 0 Å². The lowest BCUT2D eigenvalue weighted by atomic mass is 10.1. The molecule has 5 nitrogen and oxygen atoms in total. The minimum Gasteiger partial charge on any atom is -0.465 e. The smallest absolute Gasteiger partial charge is 0.337 e. The molecular weight excluding hydrogens is 316 g/mol. The van der Waals surface area contributed by atoms with Crippen molar-refractivity contribution in [2.24, 2.45) is 0 Å². The maximum absolute atomic E-state index is 12.4. The first-order chi connectivity index (χ1) is 12.2. The van der Waals surface area contributed by atoms with Gasteiger partial charge in [-0.1, -0.05) is 30.4 Å². The summed E-state index contributed by atoms with van der Waals surface area (Å²) < 4.78 is 4.71. The van der Waals surface area contributed by atoms with Crippen LogP contribution in [0.2, 0.25) is 0 Å². The minimum atomic E-state index is -0.389. The van der Waals surface area contributed by atoms with Crippen molar-refractivity contribution in [2.75, 3.05) is 25.1 Å². The molecular formula is C20H20N2O3. The summed E-state index contributed by atoms with van der Waals surface area (Å²) in [4.78, 5) is 26.2. The zero-order valence-corrected chi connectivity index (χ0v) is 14.1. The molecule has 1 aliphatic rings. The number of methoxy groups -OCH3 is 1. The van der Waals surface area contributed by atoms with Crippen LogP contribution in [0.3, 0.4) is 0 Å². The molecule has 0 radical (unpaired) electrons. The van der Waals surface area contributed by atoms with Gasteiger partial charge in [-0.05, 0) is 35.9 Å². The van der Waals surface area contributed by atoms with E-state index in [9.17, 15) is 9.59 Å². The number of anilines is 1. The molecule has 0 atom stereocenters. The van der Waals surface area contributed by atoms with Crippen LogP contribution in [0.15, 0.2) is 60.7 Å². The number of carbonyl (C=O) groups is 2. The SMILES string of the molecule is COC(=O)c1cccc(CNC(=O)c2cccc(N3CC=CC3)c2)c1. The molecule has 3 rings (SSSR count). The molecule has 128 valence electrons. The van der Waals surface area contributed by atoms with Crippen LogP contribution in [-0.2, 0) is 11.3 Å². The van der Waals surface area contributed by atoms with Gasteiger partial charge < -0.3 is 15.0 Å². The van der Waals surface area contributed by atoms with Crippen molar-refractivity contribution >= 4 is 17.6 Å². The van der Waals surface area contributed by atoms with Crippen LogP contribution in [0.5, 0.6) is 0 Å². The summed E-state index contributed by atoms with van der Waals surface area (Å²) in [6, 6.07) is 14.6. The zero-order chi connectivity index (χ0) is 17.6. The Morgan fingerprint density at radius 2 is 1.76 bits per heavy atom. The second kappa shape index (κ2) is 7.66. The Bertz CT molecular complexity index is 806. The number of hydrogen-bond acceptors (Lipinski definition) is 4. The number of carbonyl (C=O) groups excluding carboxylic acids is 2. The van der Waals surface area contributed by atoms with Gasteiger partial charge in [-0.2, -0.15) is 0 Å². The Morgan fingerprint density at radius 3 is 2.52 bits per heavy atom. The van der Waals surface area contributed by atoms with E-state index in [2.05, 4.69) is 22.4 Å². The van der Waals surface area contributed by atoms with Crippen molar-refractivity contribution in [3.63, 3.8) is 0 Å². The molecule has 0 saturated heterocycles. The molecule has 0 fully saturated rings. The summed E-state index contributed by atoms with van der Waals surface area (Å²) in [5.74, 6) is -0.530. The van der Waals surface area contributed by atoms with E-state index in [4.69, 9.17) is 4.74 Å². The summed E-state index contributed by atoms with van der Waals surface area (Å²) in [6.45, 7) is 2.08. The maximum atomic E-state index is 12.4. The number of ether oxygens (including phenoxy) is 1. The Kier molecular flexibility index (Phi) is 5.14. The molecule has 0 aromatic heterocycles. The third-order valence-electron chi connectivity index (χ3n) is 4.09. The number of esters is 1. The van der Waals surface area contributed by atoms with Gasteiger partial charge in [0.05, 0.1) is 12.7 Å². The highest BCUT2D eigenvalue weighted by atomic mass is 16.5. The average Bonchev–Trinajstić information content (AvgIpc) is 3.20. The van der Waals surface area contributed by atoms with Crippen LogP contribution in [0.1, 0.15) is 26.3 Å². The molecule has 1 N–H and O–H groups in total. The van der Waals surface area contributed by atoms with Crippen LogP contribution < -0.4 is 10.2 Å². The van der Waals surface area contributed by atoms with Gasteiger partial charge in [-0.25, -0.2) is 4.79 Å². The fourth-order valence-electron chi connectivity index (χ4n) is 2.74. The lowest BCUT2D eigenvalue weighted by Gasteiger charge is -2.18. The van der Waals surface area contributed by atoms with Gasteiger partial charge in [-0.15, -0.1) is 0 Å². The molecule has 2 aromatic rings. The third kappa shape index (κ3) is 4.07. The van der Waals surface area contributed by atoms with Crippen molar-refractivity contribution in [1.82, 2.24) is 5.32 Å². The lowest BCUT2D eigenvalue weighted by molar-refractivity contribution is 0.0600. The summed E-state index contributed by atoms with van der Waals surface area (Å²) in [6.07, 6.45) is 4.22. The molecule has 0 aliphatic carbocycles. The third-order valence-corrected chi connectivity index (χ3v) is 4.09. The monoisotopic (exact) mass is 336 g/mol. The fraction of sp³-hybridized carbons (Fsp3) is 0.200. The van der Waals surface area contributed by atoms with Crippen LogP contribution in [0, 0.1) is 0 Å². The van der Waals surface area contributed by atoms with Crippen molar-refractivity contribution in [3.05, 3.63) is 77.4 Å². The van der Waals surface area contributed by atoms with Gasteiger partial charge in [0.25, 0.3) is 5.91 Å². The Balaban J connectivity index is 1.65. The first-order valence-corrected chi connectivity index (χ1v) is 8.13. The zero-order valence-electron chi connectivity index (χ0n) is 14.1. The number of nitrogens with zero attached hydrogens (tertiary/aromatic N) is 1. The largest absolute Gasteiger partial charge is 0.465 e. The van der Waals surface area contributed by atoms with E-state index < -0.39 is 0 Å². The summed E-state index contributed by atoms with van der Waals surface area (Å²) in [7, 11) is 1.35. The molecule has 0 saturated carbocycles. The summed E-state index contributed by atoms with van der Waals surface area (Å²) in [5, 5.41) is 2.89. The fourth-order valence-corrected chi connectivity index (χ4v) is 2.74. The minimum absolute atomic E-state index is 0.141. The van der Waals surface area contributed by atoms with E-state index in [-0.39, 0.29) is 11.9 Å². The highest BCUT2D eigenvalue weighted by Crippen LogP contribution is 2.18. The molecule has 1 heterocycles. The van der Waals surface area contributed by atoms with Crippen molar-refractivity contribution in [2.45, 2.75) is 6.54 Å². The predicted molar refractivity (Wildman–Crippen MR) is 96.7 cm³/mol. The number of hydrogen-bond donors (Lipinski definition) is 1. The molecule has 5 heteroatoms. The molecule has 0 spiro atoms. The lowest BCUT2D eigenvalue weighted by Crippen LogP contribution is -2.24. The van der Waals surface area contributed by atoms with Crippen molar-refractivity contribution in [3.8, 4) is 0 Å². The molecule has 1 amide bonds. The standard InChI is InChI=1S/C20H20N2O3/c1-25-20(24)17-8-4-6-15(12-17)14-21-19(23)16-7-5-9-18(13-16)22-10-2-3-11-22/h2-9,12-13H,10-11,14H2,1H3,(H,21,23). The van der Waals surface area contributed by atoms with Gasteiger partial charge >= 0.3 is 5.97 Å². The van der Waals surface area contributed by atoms with E-state index in [0.29, 0.717) is 17.7 Å². The highest BCUT2D eigenvalue weighted by Gasteiger charge is 2.12. The van der Waals surface area contributed by atoms with Crippen molar-refractivity contribution in [1.29, 1.82) is 0 Å². The number of nitrogens with one attached hydrogen (secondary N) is 1. The maximum Gasteiger partial charge on any atom is 0.337 e. The highest BCUT2D eigenvalue weighted by molar-refractivity contribution is 5.95. The van der Waals surface area contributed by atoms with E-state index in [1.807, 2.05) is 24.3 Å². The second-order valence-electron chi connectivity index (χ2n) is 5.80. The summed E-state index contributed by atoms with van der Waals surface area (Å²) in [5.41, 5.74) is 2.97. The summed E-state index contributed by atoms with van der Waals surface area (Å²) >= 11 is 0. The number of rotatable bonds is 5. The molecule has 2 aromatic carbocycles. The topological polar surface area (TPSA) is 58.6 Å². The van der Waals surface area contributed by atoms with Gasteiger partial charge in [0.2, 0.25) is 0 Å². The quantitative estimate of drug-likeness (QED) is 0.674. The Morgan fingerprint density at radius 1 is 1.04 bits per heavy atom. The molecule has 0 unspecified atom stereocenters. The van der Waals surface area contributed by atoms with Crippen LogP contribution in [0.4, 0.5) is 5.69 Å². The Hall–Kier alpha value is -3.08. The Labute approximate surface area is 146 Å². The van der Waals surface area contributed by atoms with E-state index in [1.165, 1.54) is 7.11 Å². The average molecular weight is 336 g/mol. The first-order valence-electron chi connectivity index (χ1n) is 8.13. The number of benzene rings is 2. The number of amides is 1. The van der Waals surface area contributed by atoms with Gasteiger partial charge in [-0.3, -0.25) is 4.79 Å². The second-order valence-corrected chi connectivity index (χ2v) is 5.80. The van der Waals surface area contributed by atoms with Crippen LogP contribution in [-0.4, -0.2) is 32.1 Å². The van der Waals surface area contributed by atoms with Gasteiger partial charge in [0, 0.05) is 30.9 Å². The van der Waals surface area contributed by atoms with Gasteiger partial charge in [0.15, 0.2) is 0 Å². The van der Waals surface area contributed by atoms with E-state index in [0.717, 1.165) is 24.3 Å². The molecule has 25 heavy (non-hydrogen) atoms. The van der Waals surface area contributed by atoms with Gasteiger partial charge in [0.1, 0.15) is 0 Å². The van der Waals surface area contributed by atoms with Crippen molar-refractivity contribution < 1.29 is 14.3 Å². The molecule has 0 bridgehead atoms. The first kappa shape index (κ1) is 16.8. The predicted octanol–water partition coefficient (Wildman–Crippen LogP) is 2.78. The normalized spacial score (nSPS) is 12.9.